The summed E-state index contributed by atoms with van der Waals surface area (Å²) in [6, 6.07) is 15.2. The summed E-state index contributed by atoms with van der Waals surface area (Å²) in [4.78, 5) is 12.4. The molecule has 21 heavy (non-hydrogen) atoms. The summed E-state index contributed by atoms with van der Waals surface area (Å²) in [6.07, 6.45) is 0. The van der Waals surface area contributed by atoms with Crippen LogP contribution in [0.3, 0.4) is 0 Å². The molecule has 0 amide bonds. The number of rotatable bonds is 1. The van der Waals surface area contributed by atoms with Crippen LogP contribution < -0.4 is 14.9 Å². The maximum Gasteiger partial charge on any atom is 0.231 e. The van der Waals surface area contributed by atoms with Crippen molar-refractivity contribution < 1.29 is 9.47 Å². The Labute approximate surface area is 121 Å². The molecule has 0 N–H and O–H groups in total. The predicted octanol–water partition coefficient (Wildman–Crippen LogP) is 2.93. The third-order valence-corrected chi connectivity index (χ3v) is 3.82. The molecule has 2 heterocycles. The van der Waals surface area contributed by atoms with E-state index in [9.17, 15) is 4.79 Å². The fraction of sp³-hybridized carbons (Fsp3) is 0.118. The molecule has 104 valence electrons. The van der Waals surface area contributed by atoms with Crippen molar-refractivity contribution in [2.24, 2.45) is 7.05 Å². The number of ether oxygens (including phenoxy) is 2. The van der Waals surface area contributed by atoms with Gasteiger partial charge in [0.05, 0.1) is 11.2 Å². The van der Waals surface area contributed by atoms with Crippen LogP contribution in [0.1, 0.15) is 0 Å². The van der Waals surface area contributed by atoms with E-state index in [1.165, 1.54) is 0 Å². The van der Waals surface area contributed by atoms with E-state index in [0.29, 0.717) is 16.9 Å². The van der Waals surface area contributed by atoms with Crippen LogP contribution in [-0.4, -0.2) is 11.4 Å². The van der Waals surface area contributed by atoms with Gasteiger partial charge in [-0.15, -0.1) is 0 Å². The standard InChI is InChI=1S/C17H13NO3/c1-18-13(11-5-3-2-4-6-11)8-15(19)12-7-16-17(9-14(12)18)21-10-20-16/h2-9H,10H2,1H3. The van der Waals surface area contributed by atoms with E-state index >= 15 is 0 Å². The van der Waals surface area contributed by atoms with E-state index in [0.717, 1.165) is 16.8 Å². The highest BCUT2D eigenvalue weighted by molar-refractivity contribution is 5.86. The first-order chi connectivity index (χ1) is 10.2. The van der Waals surface area contributed by atoms with Crippen LogP contribution in [0.5, 0.6) is 11.5 Å². The zero-order chi connectivity index (χ0) is 14.4. The van der Waals surface area contributed by atoms with Gasteiger partial charge in [-0.2, -0.15) is 0 Å². The summed E-state index contributed by atoms with van der Waals surface area (Å²) in [5.41, 5.74) is 2.72. The van der Waals surface area contributed by atoms with Gasteiger partial charge in [0.15, 0.2) is 16.9 Å². The summed E-state index contributed by atoms with van der Waals surface area (Å²) in [5, 5.41) is 0.640. The molecule has 4 rings (SSSR count). The summed E-state index contributed by atoms with van der Waals surface area (Å²) >= 11 is 0. The number of aryl methyl sites for hydroxylation is 1. The third kappa shape index (κ3) is 1.80. The minimum Gasteiger partial charge on any atom is -0.454 e. The molecule has 0 bridgehead atoms. The molecule has 4 nitrogen and oxygen atoms in total. The molecule has 0 aliphatic carbocycles. The lowest BCUT2D eigenvalue weighted by molar-refractivity contribution is 0.174. The third-order valence-electron chi connectivity index (χ3n) is 3.82. The molecule has 1 aliphatic rings. The lowest BCUT2D eigenvalue weighted by Gasteiger charge is -2.13. The van der Waals surface area contributed by atoms with Gasteiger partial charge in [-0.1, -0.05) is 30.3 Å². The second-order valence-electron chi connectivity index (χ2n) is 5.04. The van der Waals surface area contributed by atoms with Gasteiger partial charge in [0.1, 0.15) is 0 Å². The highest BCUT2D eigenvalue weighted by Crippen LogP contribution is 2.35. The topological polar surface area (TPSA) is 40.5 Å². The van der Waals surface area contributed by atoms with Gasteiger partial charge in [0.25, 0.3) is 0 Å². The molecule has 4 heteroatoms. The normalized spacial score (nSPS) is 12.8. The number of nitrogens with zero attached hydrogens (tertiary/aromatic N) is 1. The lowest BCUT2D eigenvalue weighted by Crippen LogP contribution is -2.09. The highest BCUT2D eigenvalue weighted by Gasteiger charge is 2.17. The van der Waals surface area contributed by atoms with E-state index in [4.69, 9.17) is 9.47 Å². The Morgan fingerprint density at radius 1 is 1.00 bits per heavy atom. The second-order valence-corrected chi connectivity index (χ2v) is 5.04. The molecule has 0 radical (unpaired) electrons. The SMILES string of the molecule is Cn1c(-c2ccccc2)cc(=O)c2cc3c(cc21)OCO3. The smallest absolute Gasteiger partial charge is 0.231 e. The maximum absolute atomic E-state index is 12.4. The quantitative estimate of drug-likeness (QED) is 0.687. The summed E-state index contributed by atoms with van der Waals surface area (Å²) < 4.78 is 12.8. The van der Waals surface area contributed by atoms with Crippen LogP contribution in [0.2, 0.25) is 0 Å². The van der Waals surface area contributed by atoms with Crippen LogP contribution in [0.4, 0.5) is 0 Å². The first-order valence-electron chi connectivity index (χ1n) is 6.73. The number of aromatic nitrogens is 1. The van der Waals surface area contributed by atoms with Gasteiger partial charge in [-0.05, 0) is 11.6 Å². The molecule has 0 saturated carbocycles. The van der Waals surface area contributed by atoms with E-state index in [-0.39, 0.29) is 12.2 Å². The van der Waals surface area contributed by atoms with Gasteiger partial charge < -0.3 is 14.0 Å². The number of fused-ring (bicyclic) bond motifs is 2. The Bertz CT molecular complexity index is 897. The van der Waals surface area contributed by atoms with Crippen LogP contribution in [0, 0.1) is 0 Å². The number of pyridine rings is 1. The minimum absolute atomic E-state index is 0.0137. The van der Waals surface area contributed by atoms with E-state index in [1.54, 1.807) is 12.1 Å². The van der Waals surface area contributed by atoms with Gasteiger partial charge in [0.2, 0.25) is 6.79 Å². The van der Waals surface area contributed by atoms with Crippen molar-refractivity contribution >= 4 is 10.9 Å². The summed E-state index contributed by atoms with van der Waals surface area (Å²) in [5.74, 6) is 1.31. The summed E-state index contributed by atoms with van der Waals surface area (Å²) in [7, 11) is 1.95. The van der Waals surface area contributed by atoms with Crippen molar-refractivity contribution in [3.63, 3.8) is 0 Å². The van der Waals surface area contributed by atoms with Crippen molar-refractivity contribution in [3.8, 4) is 22.8 Å². The molecule has 2 aromatic carbocycles. The van der Waals surface area contributed by atoms with Crippen molar-refractivity contribution in [1.82, 2.24) is 4.57 Å². The molecular weight excluding hydrogens is 266 g/mol. The van der Waals surface area contributed by atoms with Crippen LogP contribution in [0.15, 0.2) is 53.3 Å². The Morgan fingerprint density at radius 2 is 1.71 bits per heavy atom. The van der Waals surface area contributed by atoms with Gasteiger partial charge >= 0.3 is 0 Å². The predicted molar refractivity (Wildman–Crippen MR) is 80.7 cm³/mol. The Kier molecular flexibility index (Phi) is 2.51. The molecule has 0 fully saturated rings. The van der Waals surface area contributed by atoms with Crippen LogP contribution in [0.25, 0.3) is 22.2 Å². The molecular formula is C17H13NO3. The zero-order valence-electron chi connectivity index (χ0n) is 11.5. The highest BCUT2D eigenvalue weighted by atomic mass is 16.7. The van der Waals surface area contributed by atoms with E-state index in [1.807, 2.05) is 48.0 Å². The Hall–Kier alpha value is -2.75. The Morgan fingerprint density at radius 3 is 2.48 bits per heavy atom. The molecule has 0 spiro atoms. The maximum atomic E-state index is 12.4. The molecule has 3 aromatic rings. The van der Waals surface area contributed by atoms with Gasteiger partial charge in [-0.25, -0.2) is 0 Å². The minimum atomic E-state index is -0.0137. The molecule has 0 atom stereocenters. The summed E-state index contributed by atoms with van der Waals surface area (Å²) in [6.45, 7) is 0.203. The lowest BCUT2D eigenvalue weighted by atomic mass is 10.1. The van der Waals surface area contributed by atoms with Crippen molar-refractivity contribution in [1.29, 1.82) is 0 Å². The van der Waals surface area contributed by atoms with E-state index < -0.39 is 0 Å². The second kappa shape index (κ2) is 4.38. The van der Waals surface area contributed by atoms with Crippen molar-refractivity contribution in [3.05, 3.63) is 58.8 Å². The van der Waals surface area contributed by atoms with Crippen molar-refractivity contribution in [2.75, 3.05) is 6.79 Å². The zero-order valence-corrected chi connectivity index (χ0v) is 11.5. The molecule has 0 unspecified atom stereocenters. The van der Waals surface area contributed by atoms with Gasteiger partial charge in [0, 0.05) is 24.6 Å². The van der Waals surface area contributed by atoms with E-state index in [2.05, 4.69) is 0 Å². The van der Waals surface area contributed by atoms with Crippen LogP contribution >= 0.6 is 0 Å². The fourth-order valence-corrected chi connectivity index (χ4v) is 2.72. The fourth-order valence-electron chi connectivity index (χ4n) is 2.72. The first-order valence-corrected chi connectivity index (χ1v) is 6.73. The Balaban J connectivity index is 2.06. The average Bonchev–Trinajstić information content (AvgIpc) is 2.97. The monoisotopic (exact) mass is 279 g/mol. The largest absolute Gasteiger partial charge is 0.454 e. The number of hydrogen-bond donors (Lipinski definition) is 0. The average molecular weight is 279 g/mol. The van der Waals surface area contributed by atoms with Crippen molar-refractivity contribution in [2.45, 2.75) is 0 Å². The number of benzene rings is 2. The van der Waals surface area contributed by atoms with Crippen LogP contribution in [-0.2, 0) is 7.05 Å². The first kappa shape index (κ1) is 12.0. The number of hydrogen-bond acceptors (Lipinski definition) is 3. The van der Waals surface area contributed by atoms with Gasteiger partial charge in [-0.3, -0.25) is 4.79 Å². The molecule has 0 saturated heterocycles. The molecule has 1 aromatic heterocycles. The molecule has 1 aliphatic heterocycles.